The maximum absolute atomic E-state index is 12.7. The van der Waals surface area contributed by atoms with Crippen molar-refractivity contribution in [1.29, 1.82) is 0 Å². The molecule has 0 spiro atoms. The van der Waals surface area contributed by atoms with Crippen LogP contribution in [0.2, 0.25) is 0 Å². The number of para-hydroxylation sites is 1. The molecule has 2 aromatic carbocycles. The van der Waals surface area contributed by atoms with Crippen LogP contribution in [-0.4, -0.2) is 67.0 Å². The highest BCUT2D eigenvalue weighted by atomic mass is 16.2. The summed E-state index contributed by atoms with van der Waals surface area (Å²) in [7, 11) is 0. The van der Waals surface area contributed by atoms with Crippen molar-refractivity contribution in [3.8, 4) is 0 Å². The van der Waals surface area contributed by atoms with Crippen LogP contribution in [0, 0.1) is 5.92 Å². The number of benzene rings is 2. The van der Waals surface area contributed by atoms with E-state index in [0.29, 0.717) is 12.2 Å². The molecule has 1 unspecified atom stereocenters. The van der Waals surface area contributed by atoms with E-state index in [1.165, 1.54) is 5.56 Å². The molecule has 2 aromatic rings. The van der Waals surface area contributed by atoms with Gasteiger partial charge in [-0.05, 0) is 36.6 Å². The van der Waals surface area contributed by atoms with Gasteiger partial charge in [0.1, 0.15) is 6.04 Å². The van der Waals surface area contributed by atoms with Crippen LogP contribution in [0.15, 0.2) is 60.7 Å². The molecule has 1 heterocycles. The van der Waals surface area contributed by atoms with Gasteiger partial charge in [0.15, 0.2) is 0 Å². The largest absolute Gasteiger partial charge is 0.354 e. The molecular weight excluding hydrogens is 414 g/mol. The molecule has 1 saturated heterocycles. The van der Waals surface area contributed by atoms with Crippen molar-refractivity contribution in [1.82, 2.24) is 20.4 Å². The van der Waals surface area contributed by atoms with Crippen molar-refractivity contribution in [3.63, 3.8) is 0 Å². The number of hydrogen-bond acceptors (Lipinski definition) is 4. The summed E-state index contributed by atoms with van der Waals surface area (Å²) in [6.45, 7) is 10.7. The number of nitrogens with one attached hydrogen (secondary N) is 3. The first-order valence-electron chi connectivity index (χ1n) is 11.9. The lowest BCUT2D eigenvalue weighted by molar-refractivity contribution is -0.123. The van der Waals surface area contributed by atoms with Gasteiger partial charge in [-0.2, -0.15) is 0 Å². The van der Waals surface area contributed by atoms with Crippen LogP contribution in [-0.2, 0) is 11.3 Å². The van der Waals surface area contributed by atoms with Gasteiger partial charge in [-0.15, -0.1) is 0 Å². The molecule has 1 atom stereocenters. The molecule has 178 valence electrons. The summed E-state index contributed by atoms with van der Waals surface area (Å²) in [6, 6.07) is 18.9. The molecule has 3 N–H and O–H groups in total. The van der Waals surface area contributed by atoms with E-state index < -0.39 is 6.04 Å². The summed E-state index contributed by atoms with van der Waals surface area (Å²) in [6.07, 6.45) is 0.894. The van der Waals surface area contributed by atoms with Gasteiger partial charge in [0, 0.05) is 45.0 Å². The van der Waals surface area contributed by atoms with Crippen molar-refractivity contribution in [2.45, 2.75) is 32.9 Å². The van der Waals surface area contributed by atoms with Gasteiger partial charge >= 0.3 is 6.03 Å². The Morgan fingerprint density at radius 1 is 0.879 bits per heavy atom. The Balaban J connectivity index is 1.32. The molecule has 3 rings (SSSR count). The number of carbonyl (C=O) groups is 2. The van der Waals surface area contributed by atoms with Crippen LogP contribution in [0.5, 0.6) is 0 Å². The molecule has 0 aromatic heterocycles. The van der Waals surface area contributed by atoms with Gasteiger partial charge < -0.3 is 20.9 Å². The minimum Gasteiger partial charge on any atom is -0.354 e. The number of rotatable bonds is 10. The van der Waals surface area contributed by atoms with Crippen LogP contribution >= 0.6 is 0 Å². The summed E-state index contributed by atoms with van der Waals surface area (Å²) in [4.78, 5) is 29.9. The van der Waals surface area contributed by atoms with Gasteiger partial charge in [0.25, 0.3) is 0 Å². The molecule has 7 nitrogen and oxygen atoms in total. The highest BCUT2D eigenvalue weighted by molar-refractivity contribution is 5.93. The highest BCUT2D eigenvalue weighted by Crippen LogP contribution is 2.09. The van der Waals surface area contributed by atoms with Gasteiger partial charge in [0.2, 0.25) is 5.91 Å². The lowest BCUT2D eigenvalue weighted by Gasteiger charge is -2.34. The third kappa shape index (κ3) is 8.51. The highest BCUT2D eigenvalue weighted by Gasteiger charge is 2.24. The second-order valence-corrected chi connectivity index (χ2v) is 8.93. The minimum absolute atomic E-state index is 0.00999. The predicted octanol–water partition coefficient (Wildman–Crippen LogP) is 3.16. The Morgan fingerprint density at radius 3 is 2.12 bits per heavy atom. The number of anilines is 1. The van der Waals surface area contributed by atoms with E-state index in [1.807, 2.05) is 44.2 Å². The number of nitrogens with zero attached hydrogens (tertiary/aromatic N) is 2. The van der Waals surface area contributed by atoms with Gasteiger partial charge in [-0.3, -0.25) is 9.69 Å². The van der Waals surface area contributed by atoms with E-state index in [-0.39, 0.29) is 17.9 Å². The van der Waals surface area contributed by atoms with E-state index in [9.17, 15) is 9.59 Å². The fourth-order valence-electron chi connectivity index (χ4n) is 4.00. The molecule has 0 radical (unpaired) electrons. The fourth-order valence-corrected chi connectivity index (χ4v) is 4.00. The first-order chi connectivity index (χ1) is 16.0. The van der Waals surface area contributed by atoms with Crippen molar-refractivity contribution < 1.29 is 9.59 Å². The molecule has 1 aliphatic heterocycles. The van der Waals surface area contributed by atoms with E-state index in [0.717, 1.165) is 45.7 Å². The van der Waals surface area contributed by atoms with Crippen LogP contribution in [0.3, 0.4) is 0 Å². The van der Waals surface area contributed by atoms with E-state index >= 15 is 0 Å². The monoisotopic (exact) mass is 451 g/mol. The van der Waals surface area contributed by atoms with E-state index in [4.69, 9.17) is 0 Å². The molecule has 0 saturated carbocycles. The zero-order valence-electron chi connectivity index (χ0n) is 19.8. The zero-order chi connectivity index (χ0) is 23.5. The van der Waals surface area contributed by atoms with Crippen molar-refractivity contribution >= 4 is 17.6 Å². The van der Waals surface area contributed by atoms with Gasteiger partial charge in [-0.1, -0.05) is 62.4 Å². The molecule has 3 amide bonds. The molecular formula is C26H37N5O2. The van der Waals surface area contributed by atoms with Crippen molar-refractivity contribution in [3.05, 3.63) is 66.2 Å². The zero-order valence-corrected chi connectivity index (χ0v) is 19.8. The Morgan fingerprint density at radius 2 is 1.48 bits per heavy atom. The van der Waals surface area contributed by atoms with E-state index in [1.54, 1.807) is 0 Å². The molecule has 1 aliphatic rings. The van der Waals surface area contributed by atoms with Crippen LogP contribution in [0.1, 0.15) is 25.8 Å². The average molecular weight is 452 g/mol. The second-order valence-electron chi connectivity index (χ2n) is 8.93. The summed E-state index contributed by atoms with van der Waals surface area (Å²) < 4.78 is 0. The molecule has 0 bridgehead atoms. The third-order valence-electron chi connectivity index (χ3n) is 5.93. The number of carbonyl (C=O) groups excluding carboxylic acids is 2. The molecule has 7 heteroatoms. The van der Waals surface area contributed by atoms with Crippen molar-refractivity contribution in [2.75, 3.05) is 44.6 Å². The predicted molar refractivity (Wildman–Crippen MR) is 133 cm³/mol. The normalized spacial score (nSPS) is 15.7. The number of hydrogen-bond donors (Lipinski definition) is 3. The molecule has 1 fully saturated rings. The Hall–Kier alpha value is -2.90. The summed E-state index contributed by atoms with van der Waals surface area (Å²) in [5, 5.41) is 8.57. The summed E-state index contributed by atoms with van der Waals surface area (Å²) >= 11 is 0. The Kier molecular flexibility index (Phi) is 9.72. The number of piperazine rings is 1. The minimum atomic E-state index is -0.574. The first kappa shape index (κ1) is 24.7. The number of urea groups is 1. The van der Waals surface area contributed by atoms with Gasteiger partial charge in [0.05, 0.1) is 0 Å². The SMILES string of the molecule is CC(C)C(NC(=O)Nc1ccccc1)C(=O)NCCCN1CCN(Cc2ccccc2)CC1. The maximum Gasteiger partial charge on any atom is 0.319 e. The van der Waals surface area contributed by atoms with Crippen LogP contribution in [0.25, 0.3) is 0 Å². The summed E-state index contributed by atoms with van der Waals surface area (Å²) in [5.74, 6) is -0.148. The topological polar surface area (TPSA) is 76.7 Å². The first-order valence-corrected chi connectivity index (χ1v) is 11.9. The lowest BCUT2D eigenvalue weighted by Crippen LogP contribution is -2.51. The quantitative estimate of drug-likeness (QED) is 0.485. The fraction of sp³-hybridized carbons (Fsp3) is 0.462. The molecule has 0 aliphatic carbocycles. The standard InChI is InChI=1S/C26H37N5O2/c1-21(2)24(29-26(33)28-23-12-7-4-8-13-23)25(32)27-14-9-15-30-16-18-31(19-17-30)20-22-10-5-3-6-11-22/h3-8,10-13,21,24H,9,14-20H2,1-2H3,(H,27,32)(H2,28,29,33). The number of amides is 3. The lowest BCUT2D eigenvalue weighted by atomic mass is 10.0. The maximum atomic E-state index is 12.7. The van der Waals surface area contributed by atoms with Crippen LogP contribution in [0.4, 0.5) is 10.5 Å². The molecule has 33 heavy (non-hydrogen) atoms. The van der Waals surface area contributed by atoms with Crippen molar-refractivity contribution in [2.24, 2.45) is 5.92 Å². The summed E-state index contributed by atoms with van der Waals surface area (Å²) in [5.41, 5.74) is 2.06. The second kappa shape index (κ2) is 13.0. The third-order valence-corrected chi connectivity index (χ3v) is 5.93. The Bertz CT molecular complexity index is 852. The van der Waals surface area contributed by atoms with Gasteiger partial charge in [-0.25, -0.2) is 4.79 Å². The van der Waals surface area contributed by atoms with E-state index in [2.05, 4.69) is 56.1 Å². The average Bonchev–Trinajstić information content (AvgIpc) is 2.82. The smallest absolute Gasteiger partial charge is 0.319 e. The Labute approximate surface area is 197 Å². The van der Waals surface area contributed by atoms with Crippen LogP contribution < -0.4 is 16.0 Å².